The van der Waals surface area contributed by atoms with E-state index in [1.54, 1.807) is 0 Å². The fourth-order valence-corrected chi connectivity index (χ4v) is 2.45. The third kappa shape index (κ3) is 6.00. The number of alkyl halides is 3. The van der Waals surface area contributed by atoms with E-state index in [1.807, 2.05) is 0 Å². The van der Waals surface area contributed by atoms with Crippen LogP contribution in [0.5, 0.6) is 0 Å². The van der Waals surface area contributed by atoms with Gasteiger partial charge in [0, 0.05) is 18.3 Å². The lowest BCUT2D eigenvalue weighted by molar-refractivity contribution is -0.0329. The van der Waals surface area contributed by atoms with Crippen molar-refractivity contribution in [3.05, 3.63) is 0 Å². The average molecular weight is 269 g/mol. The standard InChI is InChI=1S/C12H22F3NS/c1-9(2)11(3,8-16-10-4-5-10)6-7-17-12(13,14)15/h9-10,16H,4-8H2,1-3H3. The second-order valence-electron chi connectivity index (χ2n) is 5.51. The highest BCUT2D eigenvalue weighted by Crippen LogP contribution is 2.37. The van der Waals surface area contributed by atoms with Gasteiger partial charge in [-0.2, -0.15) is 13.2 Å². The fraction of sp³-hybridized carbons (Fsp3) is 1.00. The molecule has 0 aromatic carbocycles. The van der Waals surface area contributed by atoms with E-state index >= 15 is 0 Å². The van der Waals surface area contributed by atoms with Crippen LogP contribution in [0.2, 0.25) is 0 Å². The number of thioether (sulfide) groups is 1. The van der Waals surface area contributed by atoms with Crippen molar-refractivity contribution < 1.29 is 13.2 Å². The van der Waals surface area contributed by atoms with E-state index in [4.69, 9.17) is 0 Å². The summed E-state index contributed by atoms with van der Waals surface area (Å²) in [7, 11) is 0. The third-order valence-electron chi connectivity index (χ3n) is 3.70. The second-order valence-corrected chi connectivity index (χ2v) is 6.67. The molecule has 1 fully saturated rings. The topological polar surface area (TPSA) is 12.0 Å². The van der Waals surface area contributed by atoms with Gasteiger partial charge in [0.1, 0.15) is 0 Å². The maximum absolute atomic E-state index is 12.1. The Balaban J connectivity index is 2.34. The Morgan fingerprint density at radius 3 is 2.29 bits per heavy atom. The normalized spacial score (nSPS) is 20.6. The van der Waals surface area contributed by atoms with Crippen molar-refractivity contribution in [2.24, 2.45) is 11.3 Å². The summed E-state index contributed by atoms with van der Waals surface area (Å²) in [4.78, 5) is 0. The van der Waals surface area contributed by atoms with E-state index in [2.05, 4.69) is 26.1 Å². The summed E-state index contributed by atoms with van der Waals surface area (Å²) in [5, 5.41) is 3.44. The van der Waals surface area contributed by atoms with Crippen LogP contribution >= 0.6 is 11.8 Å². The summed E-state index contributed by atoms with van der Waals surface area (Å²) in [5.41, 5.74) is -4.14. The summed E-state index contributed by atoms with van der Waals surface area (Å²) in [6, 6.07) is 0.614. The first-order valence-corrected chi connectivity index (χ1v) is 7.15. The van der Waals surface area contributed by atoms with Gasteiger partial charge >= 0.3 is 5.51 Å². The Bertz CT molecular complexity index is 238. The number of hydrogen-bond acceptors (Lipinski definition) is 2. The molecule has 0 aromatic rings. The van der Waals surface area contributed by atoms with Gasteiger partial charge in [0.15, 0.2) is 0 Å². The van der Waals surface area contributed by atoms with Crippen molar-refractivity contribution in [1.82, 2.24) is 5.32 Å². The van der Waals surface area contributed by atoms with Crippen LogP contribution in [-0.2, 0) is 0 Å². The predicted octanol–water partition coefficient (Wildman–Crippen LogP) is 4.04. The number of rotatable bonds is 7. The van der Waals surface area contributed by atoms with Crippen LogP contribution in [0.15, 0.2) is 0 Å². The van der Waals surface area contributed by atoms with Crippen LogP contribution in [0, 0.1) is 11.3 Å². The quantitative estimate of drug-likeness (QED) is 0.748. The lowest BCUT2D eigenvalue weighted by atomic mass is 9.77. The molecule has 1 saturated carbocycles. The molecule has 1 nitrogen and oxygen atoms in total. The third-order valence-corrected chi connectivity index (χ3v) is 4.44. The van der Waals surface area contributed by atoms with E-state index in [0.29, 0.717) is 18.4 Å². The van der Waals surface area contributed by atoms with Gasteiger partial charge in [-0.25, -0.2) is 0 Å². The molecular weight excluding hydrogens is 247 g/mol. The van der Waals surface area contributed by atoms with E-state index < -0.39 is 5.51 Å². The van der Waals surface area contributed by atoms with Crippen LogP contribution in [0.3, 0.4) is 0 Å². The van der Waals surface area contributed by atoms with Gasteiger partial charge in [-0.05, 0) is 30.6 Å². The summed E-state index contributed by atoms with van der Waals surface area (Å²) in [6.07, 6.45) is 3.03. The first-order chi connectivity index (χ1) is 7.73. The zero-order valence-electron chi connectivity index (χ0n) is 10.7. The SMILES string of the molecule is CC(C)C(C)(CCSC(F)(F)F)CNC1CC1. The number of halogens is 3. The highest BCUT2D eigenvalue weighted by molar-refractivity contribution is 8.00. The van der Waals surface area contributed by atoms with Gasteiger partial charge < -0.3 is 5.32 Å². The van der Waals surface area contributed by atoms with Crippen molar-refractivity contribution >= 4 is 11.8 Å². The molecule has 0 bridgehead atoms. The largest absolute Gasteiger partial charge is 0.441 e. The van der Waals surface area contributed by atoms with E-state index in [-0.39, 0.29) is 22.9 Å². The lowest BCUT2D eigenvalue weighted by Gasteiger charge is -2.34. The van der Waals surface area contributed by atoms with E-state index in [1.165, 1.54) is 12.8 Å². The van der Waals surface area contributed by atoms with Gasteiger partial charge in [0.05, 0.1) is 0 Å². The molecule has 1 unspecified atom stereocenters. The molecular formula is C12H22F3NS. The molecule has 17 heavy (non-hydrogen) atoms. The Kier molecular flexibility index (Phi) is 5.20. The van der Waals surface area contributed by atoms with Gasteiger partial charge in [0.25, 0.3) is 0 Å². The van der Waals surface area contributed by atoms with Crippen LogP contribution in [0.1, 0.15) is 40.0 Å². The Hall–Kier alpha value is 0.1000. The minimum Gasteiger partial charge on any atom is -0.313 e. The smallest absolute Gasteiger partial charge is 0.313 e. The van der Waals surface area contributed by atoms with Crippen LogP contribution in [0.25, 0.3) is 0 Å². The highest BCUT2D eigenvalue weighted by atomic mass is 32.2. The Morgan fingerprint density at radius 2 is 1.88 bits per heavy atom. The molecule has 102 valence electrons. The molecule has 0 heterocycles. The molecule has 0 radical (unpaired) electrons. The van der Waals surface area contributed by atoms with Crippen LogP contribution < -0.4 is 5.32 Å². The van der Waals surface area contributed by atoms with Crippen molar-refractivity contribution in [3.8, 4) is 0 Å². The van der Waals surface area contributed by atoms with Crippen molar-refractivity contribution in [2.45, 2.75) is 51.6 Å². The Morgan fingerprint density at radius 1 is 1.29 bits per heavy atom. The molecule has 0 aromatic heterocycles. The summed E-state index contributed by atoms with van der Waals surface area (Å²) >= 11 is 0.0999. The lowest BCUT2D eigenvalue weighted by Crippen LogP contribution is -2.37. The van der Waals surface area contributed by atoms with Gasteiger partial charge in [-0.3, -0.25) is 0 Å². The van der Waals surface area contributed by atoms with Crippen molar-refractivity contribution in [2.75, 3.05) is 12.3 Å². The van der Waals surface area contributed by atoms with Crippen molar-refractivity contribution in [1.29, 1.82) is 0 Å². The van der Waals surface area contributed by atoms with Gasteiger partial charge in [-0.1, -0.05) is 32.5 Å². The first kappa shape index (κ1) is 15.2. The summed E-state index contributed by atoms with van der Waals surface area (Å²) in [5.74, 6) is 0.549. The summed E-state index contributed by atoms with van der Waals surface area (Å²) in [6.45, 7) is 7.09. The molecule has 5 heteroatoms. The molecule has 1 rings (SSSR count). The zero-order valence-corrected chi connectivity index (χ0v) is 11.5. The highest BCUT2D eigenvalue weighted by Gasteiger charge is 2.34. The molecule has 1 aliphatic rings. The van der Waals surface area contributed by atoms with Crippen molar-refractivity contribution in [3.63, 3.8) is 0 Å². The average Bonchev–Trinajstić information content (AvgIpc) is 2.95. The molecule has 1 aliphatic carbocycles. The minimum atomic E-state index is -4.10. The second kappa shape index (κ2) is 5.83. The van der Waals surface area contributed by atoms with Gasteiger partial charge in [0.2, 0.25) is 0 Å². The molecule has 0 saturated heterocycles. The number of hydrogen-bond donors (Lipinski definition) is 1. The molecule has 1 atom stereocenters. The molecule has 1 N–H and O–H groups in total. The molecule has 0 amide bonds. The fourth-order valence-electron chi connectivity index (χ4n) is 1.65. The monoisotopic (exact) mass is 269 g/mol. The maximum Gasteiger partial charge on any atom is 0.441 e. The summed E-state index contributed by atoms with van der Waals surface area (Å²) < 4.78 is 36.3. The van der Waals surface area contributed by atoms with Gasteiger partial charge in [-0.15, -0.1) is 0 Å². The zero-order chi connectivity index (χ0) is 13.1. The maximum atomic E-state index is 12.1. The molecule has 0 spiro atoms. The number of nitrogens with one attached hydrogen (secondary N) is 1. The van der Waals surface area contributed by atoms with Crippen LogP contribution in [0.4, 0.5) is 13.2 Å². The molecule has 0 aliphatic heterocycles. The first-order valence-electron chi connectivity index (χ1n) is 6.17. The van der Waals surface area contributed by atoms with E-state index in [0.717, 1.165) is 6.54 Å². The van der Waals surface area contributed by atoms with E-state index in [9.17, 15) is 13.2 Å². The Labute approximate surface area is 106 Å². The minimum absolute atomic E-state index is 0.0408. The predicted molar refractivity (Wildman–Crippen MR) is 67.1 cm³/mol. The van der Waals surface area contributed by atoms with Crippen LogP contribution in [-0.4, -0.2) is 23.8 Å².